The Bertz CT molecular complexity index is 759. The zero-order valence-electron chi connectivity index (χ0n) is 14.5. The number of carbonyl (C=O) groups is 2. The van der Waals surface area contributed by atoms with Crippen LogP contribution in [-0.4, -0.2) is 41.3 Å². The highest BCUT2D eigenvalue weighted by molar-refractivity contribution is 5.93. The first-order valence-corrected chi connectivity index (χ1v) is 8.83. The van der Waals surface area contributed by atoms with Crippen LogP contribution in [0.25, 0.3) is 0 Å². The summed E-state index contributed by atoms with van der Waals surface area (Å²) in [5.41, 5.74) is 1.01. The fourth-order valence-corrected chi connectivity index (χ4v) is 3.15. The third kappa shape index (κ3) is 4.65. The van der Waals surface area contributed by atoms with Gasteiger partial charge in [-0.15, -0.1) is 0 Å². The molecular weight excluding hydrogens is 333 g/mol. The average Bonchev–Trinajstić information content (AvgIpc) is 2.69. The normalized spacial score (nSPS) is 14.9. The maximum atomic E-state index is 13.6. The van der Waals surface area contributed by atoms with Crippen molar-refractivity contribution in [3.63, 3.8) is 0 Å². The van der Waals surface area contributed by atoms with Gasteiger partial charge in [-0.05, 0) is 42.5 Å². The molecule has 0 bridgehead atoms. The lowest BCUT2D eigenvalue weighted by Crippen LogP contribution is -2.41. The van der Waals surface area contributed by atoms with E-state index in [1.165, 1.54) is 6.07 Å². The van der Waals surface area contributed by atoms with Crippen LogP contribution in [0.3, 0.4) is 0 Å². The molecule has 26 heavy (non-hydrogen) atoms. The van der Waals surface area contributed by atoms with Crippen molar-refractivity contribution in [2.24, 2.45) is 5.92 Å². The van der Waals surface area contributed by atoms with Crippen LogP contribution in [0.1, 0.15) is 28.8 Å². The Hall–Kier alpha value is -2.76. The average molecular weight is 355 g/mol. The summed E-state index contributed by atoms with van der Waals surface area (Å²) in [5.74, 6) is -0.202. The second-order valence-corrected chi connectivity index (χ2v) is 6.55. The molecule has 3 rings (SSSR count). The number of piperidine rings is 1. The van der Waals surface area contributed by atoms with E-state index in [-0.39, 0.29) is 24.1 Å². The number of pyridine rings is 1. The maximum Gasteiger partial charge on any atom is 0.255 e. The van der Waals surface area contributed by atoms with E-state index >= 15 is 0 Å². The van der Waals surface area contributed by atoms with Crippen LogP contribution >= 0.6 is 0 Å². The van der Waals surface area contributed by atoms with Gasteiger partial charge in [-0.2, -0.15) is 0 Å². The van der Waals surface area contributed by atoms with Gasteiger partial charge in [0.1, 0.15) is 5.82 Å². The number of rotatable bonds is 5. The lowest BCUT2D eigenvalue weighted by molar-refractivity contribution is -0.120. The third-order valence-corrected chi connectivity index (χ3v) is 4.71. The molecule has 0 spiro atoms. The summed E-state index contributed by atoms with van der Waals surface area (Å²) in [6.45, 7) is 1.89. The summed E-state index contributed by atoms with van der Waals surface area (Å²) < 4.78 is 13.6. The highest BCUT2D eigenvalue weighted by Gasteiger charge is 2.24. The number of hydrogen-bond donors (Lipinski definition) is 1. The quantitative estimate of drug-likeness (QED) is 0.896. The van der Waals surface area contributed by atoms with Gasteiger partial charge < -0.3 is 10.2 Å². The lowest BCUT2D eigenvalue weighted by atomic mass is 9.96. The van der Waals surface area contributed by atoms with Crippen LogP contribution in [0.2, 0.25) is 0 Å². The van der Waals surface area contributed by atoms with Crippen LogP contribution in [0, 0.1) is 11.7 Å². The van der Waals surface area contributed by atoms with Crippen molar-refractivity contribution < 1.29 is 14.0 Å². The number of aromatic nitrogens is 1. The van der Waals surface area contributed by atoms with Crippen LogP contribution in [0.5, 0.6) is 0 Å². The van der Waals surface area contributed by atoms with Crippen LogP contribution < -0.4 is 5.32 Å². The van der Waals surface area contributed by atoms with Gasteiger partial charge >= 0.3 is 0 Å². The molecule has 1 saturated heterocycles. The summed E-state index contributed by atoms with van der Waals surface area (Å²) in [4.78, 5) is 30.2. The Balaban J connectivity index is 1.42. The molecule has 1 aromatic heterocycles. The monoisotopic (exact) mass is 355 g/mol. The predicted octanol–water partition coefficient (Wildman–Crippen LogP) is 2.43. The van der Waals surface area contributed by atoms with Crippen LogP contribution in [-0.2, 0) is 11.2 Å². The minimum absolute atomic E-state index is 0.000128. The van der Waals surface area contributed by atoms with Gasteiger partial charge in [0, 0.05) is 32.0 Å². The molecule has 1 aliphatic heterocycles. The Morgan fingerprint density at radius 2 is 1.92 bits per heavy atom. The number of likely N-dealkylation sites (tertiary alicyclic amines) is 1. The molecule has 1 N–H and O–H groups in total. The van der Waals surface area contributed by atoms with Gasteiger partial charge in [0.2, 0.25) is 5.91 Å². The van der Waals surface area contributed by atoms with Crippen LogP contribution in [0.4, 0.5) is 4.39 Å². The molecule has 0 unspecified atom stereocenters. The second-order valence-electron chi connectivity index (χ2n) is 6.55. The summed E-state index contributed by atoms with van der Waals surface area (Å²) in [5, 5.41) is 2.88. The molecule has 5 nitrogen and oxygen atoms in total. The molecule has 2 amide bonds. The zero-order valence-corrected chi connectivity index (χ0v) is 14.5. The largest absolute Gasteiger partial charge is 0.356 e. The fraction of sp³-hybridized carbons (Fsp3) is 0.350. The van der Waals surface area contributed by atoms with Crippen molar-refractivity contribution in [3.05, 3.63) is 65.7 Å². The topological polar surface area (TPSA) is 62.3 Å². The molecule has 2 heterocycles. The molecule has 0 aliphatic carbocycles. The summed E-state index contributed by atoms with van der Waals surface area (Å²) in [6, 6.07) is 9.84. The van der Waals surface area contributed by atoms with E-state index in [4.69, 9.17) is 0 Å². The fourth-order valence-electron chi connectivity index (χ4n) is 3.15. The Morgan fingerprint density at radius 3 is 2.62 bits per heavy atom. The van der Waals surface area contributed by atoms with E-state index in [0.29, 0.717) is 36.7 Å². The molecule has 1 aliphatic rings. The van der Waals surface area contributed by atoms with Gasteiger partial charge in [-0.25, -0.2) is 4.39 Å². The van der Waals surface area contributed by atoms with E-state index in [0.717, 1.165) is 12.8 Å². The van der Waals surface area contributed by atoms with Gasteiger partial charge in [-0.1, -0.05) is 18.2 Å². The minimum Gasteiger partial charge on any atom is -0.356 e. The third-order valence-electron chi connectivity index (χ3n) is 4.71. The standard InChI is InChI=1S/C20H22FN3O2/c21-18-6-2-1-4-16(18)12-19(25)23-13-15-7-10-24(11-8-15)20(26)17-5-3-9-22-14-17/h1-6,9,14-15H,7-8,10-13H2,(H,23,25). The van der Waals surface area contributed by atoms with Crippen molar-refractivity contribution in [2.75, 3.05) is 19.6 Å². The number of halogens is 1. The SMILES string of the molecule is O=C(Cc1ccccc1F)NCC1CCN(C(=O)c2cccnc2)CC1. The Kier molecular flexibility index (Phi) is 5.94. The van der Waals surface area contributed by atoms with Gasteiger partial charge in [0.25, 0.3) is 5.91 Å². The zero-order chi connectivity index (χ0) is 18.4. The predicted molar refractivity (Wildman–Crippen MR) is 96.0 cm³/mol. The van der Waals surface area contributed by atoms with Crippen molar-refractivity contribution in [3.8, 4) is 0 Å². The van der Waals surface area contributed by atoms with E-state index < -0.39 is 0 Å². The van der Waals surface area contributed by atoms with Crippen molar-refractivity contribution in [1.29, 1.82) is 0 Å². The van der Waals surface area contributed by atoms with Crippen molar-refractivity contribution in [2.45, 2.75) is 19.3 Å². The van der Waals surface area contributed by atoms with E-state index in [1.54, 1.807) is 42.7 Å². The molecule has 1 aromatic carbocycles. The Labute approximate surface area is 152 Å². The highest BCUT2D eigenvalue weighted by Crippen LogP contribution is 2.18. The molecule has 2 aromatic rings. The summed E-state index contributed by atoms with van der Waals surface area (Å²) in [7, 11) is 0. The van der Waals surface area contributed by atoms with E-state index in [9.17, 15) is 14.0 Å². The number of benzene rings is 1. The van der Waals surface area contributed by atoms with Gasteiger partial charge in [0.15, 0.2) is 0 Å². The van der Waals surface area contributed by atoms with E-state index in [2.05, 4.69) is 10.3 Å². The number of hydrogen-bond acceptors (Lipinski definition) is 3. The Morgan fingerprint density at radius 1 is 1.15 bits per heavy atom. The second kappa shape index (κ2) is 8.56. The van der Waals surface area contributed by atoms with Crippen molar-refractivity contribution in [1.82, 2.24) is 15.2 Å². The first-order valence-electron chi connectivity index (χ1n) is 8.83. The van der Waals surface area contributed by atoms with Gasteiger partial charge in [-0.3, -0.25) is 14.6 Å². The highest BCUT2D eigenvalue weighted by atomic mass is 19.1. The number of amides is 2. The first kappa shape index (κ1) is 18.0. The minimum atomic E-state index is -0.357. The summed E-state index contributed by atoms with van der Waals surface area (Å²) in [6.07, 6.45) is 4.95. The lowest BCUT2D eigenvalue weighted by Gasteiger charge is -2.32. The summed E-state index contributed by atoms with van der Waals surface area (Å²) >= 11 is 0. The maximum absolute atomic E-state index is 13.6. The number of carbonyl (C=O) groups excluding carboxylic acids is 2. The molecule has 6 heteroatoms. The molecule has 136 valence electrons. The molecule has 0 saturated carbocycles. The first-order chi connectivity index (χ1) is 12.6. The van der Waals surface area contributed by atoms with Crippen molar-refractivity contribution >= 4 is 11.8 Å². The molecular formula is C20H22FN3O2. The smallest absolute Gasteiger partial charge is 0.255 e. The van der Waals surface area contributed by atoms with E-state index in [1.807, 2.05) is 4.90 Å². The van der Waals surface area contributed by atoms with Gasteiger partial charge in [0.05, 0.1) is 12.0 Å². The molecule has 0 radical (unpaired) electrons. The molecule has 1 fully saturated rings. The number of nitrogens with one attached hydrogen (secondary N) is 1. The van der Waals surface area contributed by atoms with Crippen LogP contribution in [0.15, 0.2) is 48.8 Å². The molecule has 0 atom stereocenters. The number of nitrogens with zero attached hydrogens (tertiary/aromatic N) is 2.